The maximum Gasteiger partial charge on any atom is 0.406 e. The number of hydrogen-bond donors (Lipinski definition) is 1. The molecule has 0 saturated carbocycles. The Labute approximate surface area is 119 Å². The van der Waals surface area contributed by atoms with Crippen molar-refractivity contribution in [3.05, 3.63) is 35.9 Å². The second-order valence-electron chi connectivity index (χ2n) is 4.86. The standard InChI is InChI=1S/C14H15F3N2O2/c1-2-10-13(21)19(8-14(15,16)17)11(12(20)18-10)9-6-4-3-5-7-9/h3-7,10-11H,2,8H2,1H3,(H,18,20). The van der Waals surface area contributed by atoms with E-state index in [1.165, 1.54) is 12.1 Å². The molecule has 1 N–H and O–H groups in total. The van der Waals surface area contributed by atoms with Crippen molar-refractivity contribution in [2.75, 3.05) is 6.54 Å². The van der Waals surface area contributed by atoms with Gasteiger partial charge in [-0.15, -0.1) is 0 Å². The van der Waals surface area contributed by atoms with Crippen molar-refractivity contribution in [1.82, 2.24) is 10.2 Å². The Morgan fingerprint density at radius 1 is 1.19 bits per heavy atom. The van der Waals surface area contributed by atoms with Crippen LogP contribution in [0.3, 0.4) is 0 Å². The Morgan fingerprint density at radius 2 is 1.81 bits per heavy atom. The molecule has 1 aliphatic rings. The molecule has 0 radical (unpaired) electrons. The van der Waals surface area contributed by atoms with Crippen LogP contribution in [-0.4, -0.2) is 35.5 Å². The van der Waals surface area contributed by atoms with E-state index < -0.39 is 36.6 Å². The molecule has 1 heterocycles. The van der Waals surface area contributed by atoms with E-state index in [1.54, 1.807) is 25.1 Å². The third kappa shape index (κ3) is 3.34. The zero-order valence-corrected chi connectivity index (χ0v) is 11.4. The number of halogens is 3. The molecule has 2 unspecified atom stereocenters. The van der Waals surface area contributed by atoms with Gasteiger partial charge in [0.15, 0.2) is 0 Å². The third-order valence-electron chi connectivity index (χ3n) is 3.33. The largest absolute Gasteiger partial charge is 0.406 e. The Morgan fingerprint density at radius 3 is 2.33 bits per heavy atom. The number of alkyl halides is 3. The molecule has 21 heavy (non-hydrogen) atoms. The molecule has 1 aromatic carbocycles. The maximum atomic E-state index is 12.7. The van der Waals surface area contributed by atoms with Crippen LogP contribution in [0.5, 0.6) is 0 Å². The van der Waals surface area contributed by atoms with Crippen molar-refractivity contribution < 1.29 is 22.8 Å². The first-order chi connectivity index (χ1) is 9.83. The fraction of sp³-hybridized carbons (Fsp3) is 0.429. The van der Waals surface area contributed by atoms with Crippen LogP contribution in [0.4, 0.5) is 13.2 Å². The van der Waals surface area contributed by atoms with E-state index in [1.807, 2.05) is 0 Å². The van der Waals surface area contributed by atoms with Gasteiger partial charge in [0.25, 0.3) is 0 Å². The van der Waals surface area contributed by atoms with Crippen molar-refractivity contribution in [3.63, 3.8) is 0 Å². The summed E-state index contributed by atoms with van der Waals surface area (Å²) in [7, 11) is 0. The molecule has 2 amide bonds. The molecular formula is C14H15F3N2O2. The second kappa shape index (κ2) is 5.75. The Hall–Kier alpha value is -2.05. The summed E-state index contributed by atoms with van der Waals surface area (Å²) in [6.07, 6.45) is -4.31. The van der Waals surface area contributed by atoms with Crippen LogP contribution in [0.25, 0.3) is 0 Å². The lowest BCUT2D eigenvalue weighted by Gasteiger charge is -2.39. The molecule has 1 saturated heterocycles. The molecule has 2 atom stereocenters. The van der Waals surface area contributed by atoms with Gasteiger partial charge in [-0.25, -0.2) is 0 Å². The molecule has 4 nitrogen and oxygen atoms in total. The van der Waals surface area contributed by atoms with Gasteiger partial charge in [-0.2, -0.15) is 13.2 Å². The Balaban J connectivity index is 2.39. The van der Waals surface area contributed by atoms with Crippen LogP contribution in [0.1, 0.15) is 24.9 Å². The minimum absolute atomic E-state index is 0.250. The van der Waals surface area contributed by atoms with Gasteiger partial charge in [0.2, 0.25) is 11.8 Å². The summed E-state index contributed by atoms with van der Waals surface area (Å²) in [4.78, 5) is 24.9. The third-order valence-corrected chi connectivity index (χ3v) is 3.33. The molecule has 1 fully saturated rings. The van der Waals surface area contributed by atoms with E-state index in [0.29, 0.717) is 10.5 Å². The molecular weight excluding hydrogens is 285 g/mol. The first-order valence-corrected chi connectivity index (χ1v) is 6.56. The summed E-state index contributed by atoms with van der Waals surface area (Å²) in [5, 5.41) is 2.48. The molecule has 7 heteroatoms. The lowest BCUT2D eigenvalue weighted by Crippen LogP contribution is -2.60. The summed E-state index contributed by atoms with van der Waals surface area (Å²) in [6, 6.07) is 5.84. The van der Waals surface area contributed by atoms with Crippen molar-refractivity contribution in [1.29, 1.82) is 0 Å². The Kier molecular flexibility index (Phi) is 4.20. The first-order valence-electron chi connectivity index (χ1n) is 6.56. The number of piperazine rings is 1. The summed E-state index contributed by atoms with van der Waals surface area (Å²) >= 11 is 0. The quantitative estimate of drug-likeness (QED) is 0.928. The van der Waals surface area contributed by atoms with E-state index in [9.17, 15) is 22.8 Å². The molecule has 0 aromatic heterocycles. The normalized spacial score (nSPS) is 23.1. The van der Waals surface area contributed by atoms with E-state index in [4.69, 9.17) is 0 Å². The first kappa shape index (κ1) is 15.3. The molecule has 0 spiro atoms. The van der Waals surface area contributed by atoms with Crippen LogP contribution in [-0.2, 0) is 9.59 Å². The predicted octanol–water partition coefficient (Wildman–Crippen LogP) is 2.03. The van der Waals surface area contributed by atoms with E-state index >= 15 is 0 Å². The van der Waals surface area contributed by atoms with Gasteiger partial charge in [0.1, 0.15) is 18.6 Å². The van der Waals surface area contributed by atoms with Crippen LogP contribution in [0.2, 0.25) is 0 Å². The molecule has 2 rings (SSSR count). The highest BCUT2D eigenvalue weighted by atomic mass is 19.4. The minimum Gasteiger partial charge on any atom is -0.342 e. The van der Waals surface area contributed by atoms with Crippen LogP contribution < -0.4 is 5.32 Å². The summed E-state index contributed by atoms with van der Waals surface area (Å²) in [6.45, 7) is 0.201. The van der Waals surface area contributed by atoms with Gasteiger partial charge < -0.3 is 10.2 Å². The highest BCUT2D eigenvalue weighted by Crippen LogP contribution is 2.29. The van der Waals surface area contributed by atoms with Crippen molar-refractivity contribution in [2.24, 2.45) is 0 Å². The number of carbonyl (C=O) groups excluding carboxylic acids is 2. The van der Waals surface area contributed by atoms with Crippen LogP contribution in [0, 0.1) is 0 Å². The summed E-state index contributed by atoms with van der Waals surface area (Å²) < 4.78 is 38.2. The van der Waals surface area contributed by atoms with Gasteiger partial charge in [0.05, 0.1) is 0 Å². The van der Waals surface area contributed by atoms with E-state index in [0.717, 1.165) is 0 Å². The summed E-state index contributed by atoms with van der Waals surface area (Å²) in [5.74, 6) is -1.29. The molecule has 0 aliphatic carbocycles. The number of rotatable bonds is 3. The zero-order chi connectivity index (χ0) is 15.6. The average Bonchev–Trinajstić information content (AvgIpc) is 2.42. The molecule has 1 aromatic rings. The zero-order valence-electron chi connectivity index (χ0n) is 11.4. The molecule has 1 aliphatic heterocycles. The Bertz CT molecular complexity index is 531. The van der Waals surface area contributed by atoms with Gasteiger partial charge in [-0.3, -0.25) is 9.59 Å². The van der Waals surface area contributed by atoms with Crippen molar-refractivity contribution in [3.8, 4) is 0 Å². The number of amides is 2. The SMILES string of the molecule is CCC1NC(=O)C(c2ccccc2)N(CC(F)(F)F)C1=O. The fourth-order valence-electron chi connectivity index (χ4n) is 2.39. The van der Waals surface area contributed by atoms with Crippen LogP contribution >= 0.6 is 0 Å². The van der Waals surface area contributed by atoms with E-state index in [2.05, 4.69) is 5.32 Å². The number of hydrogen-bond acceptors (Lipinski definition) is 2. The number of nitrogens with zero attached hydrogens (tertiary/aromatic N) is 1. The van der Waals surface area contributed by atoms with Crippen molar-refractivity contribution in [2.45, 2.75) is 31.6 Å². The predicted molar refractivity (Wildman–Crippen MR) is 69.2 cm³/mol. The van der Waals surface area contributed by atoms with Crippen molar-refractivity contribution >= 4 is 11.8 Å². The van der Waals surface area contributed by atoms with Gasteiger partial charge in [-0.1, -0.05) is 37.3 Å². The van der Waals surface area contributed by atoms with Crippen LogP contribution in [0.15, 0.2) is 30.3 Å². The smallest absolute Gasteiger partial charge is 0.342 e. The summed E-state index contributed by atoms with van der Waals surface area (Å²) in [5.41, 5.74) is 0.363. The van der Waals surface area contributed by atoms with Gasteiger partial charge in [0, 0.05) is 0 Å². The van der Waals surface area contributed by atoms with Gasteiger partial charge >= 0.3 is 6.18 Å². The monoisotopic (exact) mass is 300 g/mol. The highest BCUT2D eigenvalue weighted by molar-refractivity contribution is 5.97. The lowest BCUT2D eigenvalue weighted by atomic mass is 9.98. The maximum absolute atomic E-state index is 12.7. The van der Waals surface area contributed by atoms with Gasteiger partial charge in [-0.05, 0) is 12.0 Å². The number of nitrogens with one attached hydrogen (secondary N) is 1. The fourth-order valence-corrected chi connectivity index (χ4v) is 2.39. The lowest BCUT2D eigenvalue weighted by molar-refractivity contribution is -0.174. The highest BCUT2D eigenvalue weighted by Gasteiger charge is 2.45. The molecule has 0 bridgehead atoms. The minimum atomic E-state index is -4.56. The van der Waals surface area contributed by atoms with E-state index in [-0.39, 0.29) is 6.42 Å². The second-order valence-corrected chi connectivity index (χ2v) is 4.86. The number of benzene rings is 1. The average molecular weight is 300 g/mol. The number of carbonyl (C=O) groups is 2. The topological polar surface area (TPSA) is 49.4 Å². The molecule has 114 valence electrons.